The maximum Gasteiger partial charge on any atom is 0.266 e. The topological polar surface area (TPSA) is 66.0 Å². The van der Waals surface area contributed by atoms with Crippen LogP contribution in [0.25, 0.3) is 17.4 Å². The number of hydrogen-bond acceptors (Lipinski definition) is 3. The molecule has 0 aliphatic rings. The van der Waals surface area contributed by atoms with Gasteiger partial charge >= 0.3 is 0 Å². The molecule has 1 aromatic heterocycles. The van der Waals surface area contributed by atoms with Gasteiger partial charge in [0.25, 0.3) is 5.91 Å². The van der Waals surface area contributed by atoms with Gasteiger partial charge in [-0.1, -0.05) is 47.0 Å². The molecular weight excluding hydrogens is 407 g/mol. The minimum atomic E-state index is -0.499. The van der Waals surface area contributed by atoms with Crippen LogP contribution in [0.3, 0.4) is 0 Å². The number of rotatable bonds is 4. The second-order valence-electron chi connectivity index (χ2n) is 6.70. The van der Waals surface area contributed by atoms with Crippen molar-refractivity contribution in [3.63, 3.8) is 0 Å². The Morgan fingerprint density at radius 3 is 2.45 bits per heavy atom. The van der Waals surface area contributed by atoms with Crippen molar-refractivity contribution < 1.29 is 9.21 Å². The van der Waals surface area contributed by atoms with Gasteiger partial charge in [0.2, 0.25) is 0 Å². The summed E-state index contributed by atoms with van der Waals surface area (Å²) in [6.45, 7) is 5.82. The molecule has 2 aromatic carbocycles. The summed E-state index contributed by atoms with van der Waals surface area (Å²) in [4.78, 5) is 12.6. The van der Waals surface area contributed by atoms with Gasteiger partial charge in [-0.25, -0.2) is 0 Å². The summed E-state index contributed by atoms with van der Waals surface area (Å²) in [5.41, 5.74) is 4.24. The molecule has 0 spiro atoms. The summed E-state index contributed by atoms with van der Waals surface area (Å²) in [6, 6.07) is 14.5. The molecule has 0 unspecified atom stereocenters. The first-order valence-corrected chi connectivity index (χ1v) is 9.61. The molecule has 0 saturated carbocycles. The lowest BCUT2D eigenvalue weighted by Crippen LogP contribution is -2.15. The Hall–Kier alpha value is -3.00. The Balaban J connectivity index is 1.88. The number of carbonyl (C=O) groups excluding carboxylic acids is 1. The second-order valence-corrected chi connectivity index (χ2v) is 7.49. The lowest BCUT2D eigenvalue weighted by Gasteiger charge is -2.12. The van der Waals surface area contributed by atoms with Crippen LogP contribution < -0.4 is 5.32 Å². The van der Waals surface area contributed by atoms with Crippen molar-refractivity contribution in [3.8, 4) is 17.4 Å². The van der Waals surface area contributed by atoms with Gasteiger partial charge in [0.15, 0.2) is 0 Å². The number of furan rings is 1. The number of benzene rings is 2. The van der Waals surface area contributed by atoms with Gasteiger partial charge in [-0.3, -0.25) is 4.79 Å². The predicted molar refractivity (Wildman–Crippen MR) is 117 cm³/mol. The van der Waals surface area contributed by atoms with E-state index in [1.165, 1.54) is 6.08 Å². The van der Waals surface area contributed by atoms with E-state index in [1.807, 2.05) is 39.0 Å². The van der Waals surface area contributed by atoms with Crippen LogP contribution in [0, 0.1) is 32.1 Å². The molecule has 1 N–H and O–H groups in total. The third-order valence-corrected chi connectivity index (χ3v) is 5.23. The number of hydrogen-bond donors (Lipinski definition) is 1. The number of nitrogens with one attached hydrogen (secondary N) is 1. The third kappa shape index (κ3) is 4.54. The molecule has 0 radical (unpaired) electrons. The molecule has 0 saturated heterocycles. The summed E-state index contributed by atoms with van der Waals surface area (Å²) in [7, 11) is 0. The average Bonchev–Trinajstić information content (AvgIpc) is 3.13. The highest BCUT2D eigenvalue weighted by Crippen LogP contribution is 2.34. The molecule has 29 heavy (non-hydrogen) atoms. The summed E-state index contributed by atoms with van der Waals surface area (Å²) in [5.74, 6) is 0.355. The minimum Gasteiger partial charge on any atom is -0.457 e. The fourth-order valence-electron chi connectivity index (χ4n) is 3.12. The lowest BCUT2D eigenvalue weighted by molar-refractivity contribution is -0.112. The van der Waals surface area contributed by atoms with Gasteiger partial charge in [-0.05, 0) is 56.2 Å². The van der Waals surface area contributed by atoms with E-state index in [-0.39, 0.29) is 5.57 Å². The van der Waals surface area contributed by atoms with E-state index in [0.717, 1.165) is 16.7 Å². The Morgan fingerprint density at radius 1 is 1.10 bits per heavy atom. The number of amides is 1. The summed E-state index contributed by atoms with van der Waals surface area (Å²) in [5, 5.41) is 13.1. The fraction of sp³-hybridized carbons (Fsp3) is 0.130. The molecule has 146 valence electrons. The first-order valence-electron chi connectivity index (χ1n) is 8.85. The van der Waals surface area contributed by atoms with Gasteiger partial charge < -0.3 is 9.73 Å². The fourth-order valence-corrected chi connectivity index (χ4v) is 3.51. The van der Waals surface area contributed by atoms with Crippen LogP contribution in [0.15, 0.2) is 52.5 Å². The maximum absolute atomic E-state index is 12.6. The summed E-state index contributed by atoms with van der Waals surface area (Å²) >= 11 is 12.3. The highest BCUT2D eigenvalue weighted by atomic mass is 35.5. The highest BCUT2D eigenvalue weighted by molar-refractivity contribution is 6.43. The smallest absolute Gasteiger partial charge is 0.266 e. The van der Waals surface area contributed by atoms with Crippen LogP contribution in [-0.2, 0) is 4.79 Å². The van der Waals surface area contributed by atoms with Crippen LogP contribution in [0.2, 0.25) is 10.0 Å². The first-order chi connectivity index (χ1) is 13.8. The number of nitrogens with zero attached hydrogens (tertiary/aromatic N) is 1. The maximum atomic E-state index is 12.6. The predicted octanol–water partition coefficient (Wildman–Crippen LogP) is 6.72. The molecule has 0 fully saturated rings. The quantitative estimate of drug-likeness (QED) is 0.373. The molecule has 3 rings (SSSR count). The molecule has 0 aliphatic carbocycles. The largest absolute Gasteiger partial charge is 0.457 e. The molecule has 1 heterocycles. The lowest BCUT2D eigenvalue weighted by atomic mass is 10.0. The van der Waals surface area contributed by atoms with Crippen molar-refractivity contribution >= 4 is 40.9 Å². The number of carbonyl (C=O) groups is 1. The third-order valence-electron chi connectivity index (χ3n) is 4.41. The van der Waals surface area contributed by atoms with Gasteiger partial charge in [-0.2, -0.15) is 5.26 Å². The standard InChI is InChI=1S/C23H18Cl2N2O2/c1-13-9-14(2)22(15(3)10-13)27-23(28)16(12-26)11-17-7-8-20(29-17)18-5-4-6-19(24)21(18)25/h4-11H,1-3H3,(H,27,28). The van der Waals surface area contributed by atoms with Gasteiger partial charge in [0.05, 0.1) is 10.0 Å². The number of anilines is 1. The van der Waals surface area contributed by atoms with E-state index < -0.39 is 5.91 Å². The summed E-state index contributed by atoms with van der Waals surface area (Å²) in [6.07, 6.45) is 1.40. The molecule has 4 nitrogen and oxygen atoms in total. The van der Waals surface area contributed by atoms with Crippen LogP contribution >= 0.6 is 23.2 Å². The zero-order valence-corrected chi connectivity index (χ0v) is 17.7. The normalized spacial score (nSPS) is 11.2. The van der Waals surface area contributed by atoms with Crippen LogP contribution in [0.4, 0.5) is 5.69 Å². The highest BCUT2D eigenvalue weighted by Gasteiger charge is 2.15. The van der Waals surface area contributed by atoms with Crippen molar-refractivity contribution in [2.75, 3.05) is 5.32 Å². The van der Waals surface area contributed by atoms with Crippen LogP contribution in [-0.4, -0.2) is 5.91 Å². The van der Waals surface area contributed by atoms with Crippen LogP contribution in [0.1, 0.15) is 22.5 Å². The molecule has 6 heteroatoms. The molecule has 1 amide bonds. The number of nitriles is 1. The zero-order valence-electron chi connectivity index (χ0n) is 16.1. The van der Waals surface area contributed by atoms with Crippen molar-refractivity contribution in [2.45, 2.75) is 20.8 Å². The van der Waals surface area contributed by atoms with Crippen molar-refractivity contribution in [2.24, 2.45) is 0 Å². The zero-order chi connectivity index (χ0) is 21.1. The average molecular weight is 425 g/mol. The molecule has 0 bridgehead atoms. The van der Waals surface area contributed by atoms with E-state index in [2.05, 4.69) is 5.32 Å². The van der Waals surface area contributed by atoms with Crippen LogP contribution in [0.5, 0.6) is 0 Å². The van der Waals surface area contributed by atoms with E-state index >= 15 is 0 Å². The Bertz CT molecular complexity index is 1150. The minimum absolute atomic E-state index is 0.0672. The number of aryl methyl sites for hydroxylation is 3. The summed E-state index contributed by atoms with van der Waals surface area (Å²) < 4.78 is 5.75. The van der Waals surface area contributed by atoms with E-state index in [0.29, 0.717) is 32.8 Å². The molecule has 0 aliphatic heterocycles. The van der Waals surface area contributed by atoms with Crippen molar-refractivity contribution in [3.05, 3.63) is 80.5 Å². The molecular formula is C23H18Cl2N2O2. The van der Waals surface area contributed by atoms with Gasteiger partial charge in [-0.15, -0.1) is 0 Å². The van der Waals surface area contributed by atoms with E-state index in [4.69, 9.17) is 27.6 Å². The number of halogens is 2. The SMILES string of the molecule is Cc1cc(C)c(NC(=O)C(C#N)=Cc2ccc(-c3cccc(Cl)c3Cl)o2)c(C)c1. The Kier molecular flexibility index (Phi) is 6.12. The molecule has 3 aromatic rings. The van der Waals surface area contributed by atoms with Crippen molar-refractivity contribution in [1.29, 1.82) is 5.26 Å². The Labute approximate surface area is 179 Å². The van der Waals surface area contributed by atoms with Crippen molar-refractivity contribution in [1.82, 2.24) is 0 Å². The van der Waals surface area contributed by atoms with Gasteiger partial charge in [0.1, 0.15) is 23.2 Å². The first kappa shape index (κ1) is 20.7. The van der Waals surface area contributed by atoms with Gasteiger partial charge in [0, 0.05) is 17.3 Å². The Morgan fingerprint density at radius 2 is 1.79 bits per heavy atom. The molecule has 0 atom stereocenters. The van der Waals surface area contributed by atoms with E-state index in [9.17, 15) is 10.1 Å². The van der Waals surface area contributed by atoms with E-state index in [1.54, 1.807) is 30.3 Å². The second kappa shape index (κ2) is 8.57. The monoisotopic (exact) mass is 424 g/mol.